The lowest BCUT2D eigenvalue weighted by molar-refractivity contribution is -0.152. The first-order chi connectivity index (χ1) is 12.3. The first kappa shape index (κ1) is 20.5. The highest BCUT2D eigenvalue weighted by atomic mass is 16.6. The third-order valence-corrected chi connectivity index (χ3v) is 4.09. The van der Waals surface area contributed by atoms with Gasteiger partial charge in [0.1, 0.15) is 12.1 Å². The predicted molar refractivity (Wildman–Crippen MR) is 101 cm³/mol. The number of nitrogens with zero attached hydrogens (tertiary/aromatic N) is 3. The number of amides is 1. The van der Waals surface area contributed by atoms with Crippen molar-refractivity contribution in [2.75, 3.05) is 45.8 Å². The van der Waals surface area contributed by atoms with E-state index in [4.69, 9.17) is 4.74 Å². The van der Waals surface area contributed by atoms with Crippen molar-refractivity contribution in [1.82, 2.24) is 20.4 Å². The summed E-state index contributed by atoms with van der Waals surface area (Å²) in [6.07, 6.45) is 2.22. The summed E-state index contributed by atoms with van der Waals surface area (Å²) >= 11 is 0. The SMILES string of the molecule is CCNC(=NCC(=O)OC(C)(C)C)N1CCN(CC(=O)NC2CC2)CC1. The zero-order chi connectivity index (χ0) is 19.2. The molecule has 0 atom stereocenters. The fraction of sp³-hybridized carbons (Fsp3) is 0.833. The van der Waals surface area contributed by atoms with E-state index in [1.807, 2.05) is 27.7 Å². The van der Waals surface area contributed by atoms with E-state index in [2.05, 4.69) is 25.4 Å². The molecule has 8 heteroatoms. The van der Waals surface area contributed by atoms with Crippen LogP contribution < -0.4 is 10.6 Å². The average molecular weight is 367 g/mol. The minimum Gasteiger partial charge on any atom is -0.459 e. The van der Waals surface area contributed by atoms with Crippen LogP contribution in [0.1, 0.15) is 40.5 Å². The van der Waals surface area contributed by atoms with Crippen LogP contribution in [0, 0.1) is 0 Å². The zero-order valence-corrected chi connectivity index (χ0v) is 16.5. The molecule has 1 saturated heterocycles. The summed E-state index contributed by atoms with van der Waals surface area (Å²) in [5.41, 5.74) is -0.502. The Kier molecular flexibility index (Phi) is 7.25. The molecule has 0 spiro atoms. The van der Waals surface area contributed by atoms with Gasteiger partial charge in [0.05, 0.1) is 6.54 Å². The minimum atomic E-state index is -0.502. The van der Waals surface area contributed by atoms with Crippen molar-refractivity contribution in [2.45, 2.75) is 52.2 Å². The predicted octanol–water partition coefficient (Wildman–Crippen LogP) is 0.190. The first-order valence-corrected chi connectivity index (χ1v) is 9.53. The van der Waals surface area contributed by atoms with E-state index in [-0.39, 0.29) is 18.4 Å². The van der Waals surface area contributed by atoms with E-state index < -0.39 is 5.60 Å². The second-order valence-electron chi connectivity index (χ2n) is 7.86. The number of piperazine rings is 1. The highest BCUT2D eigenvalue weighted by Gasteiger charge is 2.26. The summed E-state index contributed by atoms with van der Waals surface area (Å²) in [4.78, 5) is 32.5. The van der Waals surface area contributed by atoms with Crippen molar-refractivity contribution in [2.24, 2.45) is 4.99 Å². The Morgan fingerprint density at radius 2 is 1.81 bits per heavy atom. The van der Waals surface area contributed by atoms with E-state index in [0.29, 0.717) is 12.6 Å². The van der Waals surface area contributed by atoms with Crippen LogP contribution in [-0.2, 0) is 14.3 Å². The molecule has 26 heavy (non-hydrogen) atoms. The highest BCUT2D eigenvalue weighted by molar-refractivity contribution is 5.83. The van der Waals surface area contributed by atoms with Gasteiger partial charge < -0.3 is 20.3 Å². The average Bonchev–Trinajstić information content (AvgIpc) is 3.34. The number of nitrogens with one attached hydrogen (secondary N) is 2. The minimum absolute atomic E-state index is 0.00358. The van der Waals surface area contributed by atoms with E-state index in [0.717, 1.165) is 51.5 Å². The lowest BCUT2D eigenvalue weighted by Crippen LogP contribution is -2.54. The molecule has 2 N–H and O–H groups in total. The lowest BCUT2D eigenvalue weighted by Gasteiger charge is -2.36. The fourth-order valence-electron chi connectivity index (χ4n) is 2.76. The summed E-state index contributed by atoms with van der Waals surface area (Å²) in [5.74, 6) is 0.509. The van der Waals surface area contributed by atoms with Crippen molar-refractivity contribution >= 4 is 17.8 Å². The molecule has 1 heterocycles. The largest absolute Gasteiger partial charge is 0.459 e. The van der Waals surface area contributed by atoms with E-state index in [9.17, 15) is 9.59 Å². The summed E-state index contributed by atoms with van der Waals surface area (Å²) < 4.78 is 5.31. The molecule has 1 aliphatic carbocycles. The zero-order valence-electron chi connectivity index (χ0n) is 16.5. The Balaban J connectivity index is 1.79. The maximum absolute atomic E-state index is 11.9. The summed E-state index contributed by atoms with van der Waals surface area (Å²) in [6.45, 7) is 11.9. The number of carbonyl (C=O) groups is 2. The molecule has 0 bridgehead atoms. The fourth-order valence-corrected chi connectivity index (χ4v) is 2.76. The molecule has 148 valence electrons. The molecule has 0 aromatic rings. The lowest BCUT2D eigenvalue weighted by atomic mass is 10.2. The molecule has 8 nitrogen and oxygen atoms in total. The van der Waals surface area contributed by atoms with E-state index >= 15 is 0 Å². The second-order valence-corrected chi connectivity index (χ2v) is 7.86. The Bertz CT molecular complexity index is 517. The number of rotatable bonds is 6. The Morgan fingerprint density at radius 3 is 2.35 bits per heavy atom. The van der Waals surface area contributed by atoms with Gasteiger partial charge >= 0.3 is 5.97 Å². The molecule has 1 amide bonds. The molecule has 1 aliphatic heterocycles. The summed E-state index contributed by atoms with van der Waals surface area (Å²) in [6, 6.07) is 0.407. The maximum Gasteiger partial charge on any atom is 0.328 e. The number of aliphatic imine (C=N–C) groups is 1. The highest BCUT2D eigenvalue weighted by Crippen LogP contribution is 2.18. The van der Waals surface area contributed by atoms with Crippen molar-refractivity contribution < 1.29 is 14.3 Å². The normalized spacial score (nSPS) is 19.2. The number of guanidine groups is 1. The molecule has 2 aliphatic rings. The Labute approximate surface area is 156 Å². The van der Waals surface area contributed by atoms with Crippen molar-refractivity contribution in [3.05, 3.63) is 0 Å². The van der Waals surface area contributed by atoms with Gasteiger partial charge in [-0.1, -0.05) is 0 Å². The van der Waals surface area contributed by atoms with Crippen molar-refractivity contribution in [1.29, 1.82) is 0 Å². The third-order valence-electron chi connectivity index (χ3n) is 4.09. The van der Waals surface area contributed by atoms with Gasteiger partial charge in [0.15, 0.2) is 5.96 Å². The van der Waals surface area contributed by atoms with Crippen LogP contribution in [0.25, 0.3) is 0 Å². The van der Waals surface area contributed by atoms with Gasteiger partial charge in [0.25, 0.3) is 0 Å². The van der Waals surface area contributed by atoms with Crippen LogP contribution in [-0.4, -0.2) is 85.1 Å². The molecular weight excluding hydrogens is 334 g/mol. The van der Waals surface area contributed by atoms with Gasteiger partial charge in [0, 0.05) is 38.8 Å². The van der Waals surface area contributed by atoms with Gasteiger partial charge in [0.2, 0.25) is 5.91 Å². The van der Waals surface area contributed by atoms with Gasteiger partial charge in [-0.25, -0.2) is 4.99 Å². The Morgan fingerprint density at radius 1 is 1.15 bits per heavy atom. The first-order valence-electron chi connectivity index (χ1n) is 9.53. The van der Waals surface area contributed by atoms with Gasteiger partial charge in [-0.3, -0.25) is 14.5 Å². The van der Waals surface area contributed by atoms with Crippen LogP contribution in [0.5, 0.6) is 0 Å². The standard InChI is InChI=1S/C18H33N5O3/c1-5-19-17(20-12-16(25)26-18(2,3)4)23-10-8-22(9-11-23)13-15(24)21-14-6-7-14/h14H,5-13H2,1-4H3,(H,19,20)(H,21,24). The molecule has 2 fully saturated rings. The van der Waals surface area contributed by atoms with Crippen molar-refractivity contribution in [3.63, 3.8) is 0 Å². The maximum atomic E-state index is 11.9. The number of ether oxygens (including phenoxy) is 1. The van der Waals surface area contributed by atoms with Gasteiger partial charge in [-0.2, -0.15) is 0 Å². The molecule has 2 rings (SSSR count). The molecule has 0 unspecified atom stereocenters. The number of hydrogen-bond acceptors (Lipinski definition) is 5. The van der Waals surface area contributed by atoms with Crippen LogP contribution in [0.3, 0.4) is 0 Å². The van der Waals surface area contributed by atoms with Crippen molar-refractivity contribution in [3.8, 4) is 0 Å². The summed E-state index contributed by atoms with van der Waals surface area (Å²) in [7, 11) is 0. The number of esters is 1. The van der Waals surface area contributed by atoms with Gasteiger partial charge in [-0.15, -0.1) is 0 Å². The molecule has 0 aromatic heterocycles. The second kappa shape index (κ2) is 9.21. The van der Waals surface area contributed by atoms with Crippen LogP contribution in [0.2, 0.25) is 0 Å². The smallest absolute Gasteiger partial charge is 0.328 e. The summed E-state index contributed by atoms with van der Waals surface area (Å²) in [5, 5.41) is 6.26. The van der Waals surface area contributed by atoms with E-state index in [1.165, 1.54) is 0 Å². The molecular formula is C18H33N5O3. The van der Waals surface area contributed by atoms with Crippen LogP contribution in [0.15, 0.2) is 4.99 Å². The number of hydrogen-bond donors (Lipinski definition) is 2. The van der Waals surface area contributed by atoms with Crippen LogP contribution >= 0.6 is 0 Å². The topological polar surface area (TPSA) is 86.3 Å². The molecule has 0 radical (unpaired) electrons. The molecule has 0 aromatic carbocycles. The quantitative estimate of drug-likeness (QED) is 0.396. The van der Waals surface area contributed by atoms with Gasteiger partial charge in [-0.05, 0) is 40.5 Å². The van der Waals surface area contributed by atoms with Crippen LogP contribution in [0.4, 0.5) is 0 Å². The molecule has 1 saturated carbocycles. The third kappa shape index (κ3) is 7.59. The monoisotopic (exact) mass is 367 g/mol. The Hall–Kier alpha value is -1.83. The number of carbonyl (C=O) groups excluding carboxylic acids is 2. The van der Waals surface area contributed by atoms with E-state index in [1.54, 1.807) is 0 Å².